The maximum absolute atomic E-state index is 13.0. The molecular weight excluding hydrogens is 316 g/mol. The third-order valence-electron chi connectivity index (χ3n) is 5.42. The Balaban J connectivity index is 1.75. The van der Waals surface area contributed by atoms with Crippen molar-refractivity contribution in [1.29, 1.82) is 0 Å². The number of carbonyl (C=O) groups excluding carboxylic acids is 1. The van der Waals surface area contributed by atoms with Crippen LogP contribution in [0.25, 0.3) is 0 Å². The number of nitrogens with zero attached hydrogens (tertiary/aromatic N) is 2. The molecule has 1 aliphatic heterocycles. The Labute approximate surface area is 150 Å². The van der Waals surface area contributed by atoms with Crippen molar-refractivity contribution in [3.05, 3.63) is 23.8 Å². The first-order valence-electron chi connectivity index (χ1n) is 9.40. The van der Waals surface area contributed by atoms with Crippen molar-refractivity contribution < 1.29 is 14.6 Å². The molecule has 2 aliphatic rings. The second-order valence-electron chi connectivity index (χ2n) is 7.74. The van der Waals surface area contributed by atoms with Gasteiger partial charge in [-0.1, -0.05) is 13.8 Å². The molecular formula is C20H30N2O3. The van der Waals surface area contributed by atoms with Gasteiger partial charge in [0.15, 0.2) is 11.5 Å². The van der Waals surface area contributed by atoms with Gasteiger partial charge in [-0.05, 0) is 49.3 Å². The summed E-state index contributed by atoms with van der Waals surface area (Å²) in [5.74, 6) is 1.81. The molecule has 1 heterocycles. The van der Waals surface area contributed by atoms with Crippen LogP contribution in [0.1, 0.15) is 43.5 Å². The molecule has 1 saturated carbocycles. The first-order chi connectivity index (χ1) is 12.0. The molecule has 1 N–H and O–H groups in total. The molecule has 0 bridgehead atoms. The molecule has 1 atom stereocenters. The van der Waals surface area contributed by atoms with Crippen LogP contribution < -0.4 is 4.74 Å². The van der Waals surface area contributed by atoms with Gasteiger partial charge in [-0.15, -0.1) is 0 Å². The van der Waals surface area contributed by atoms with E-state index in [2.05, 4.69) is 18.7 Å². The zero-order chi connectivity index (χ0) is 18.0. The fourth-order valence-corrected chi connectivity index (χ4v) is 3.73. The maximum atomic E-state index is 13.0. The van der Waals surface area contributed by atoms with Gasteiger partial charge in [-0.2, -0.15) is 0 Å². The number of phenols is 1. The van der Waals surface area contributed by atoms with E-state index in [9.17, 15) is 9.90 Å². The van der Waals surface area contributed by atoms with E-state index in [4.69, 9.17) is 4.74 Å². The van der Waals surface area contributed by atoms with Crippen molar-refractivity contribution in [1.82, 2.24) is 9.80 Å². The Bertz CT molecular complexity index is 613. The molecule has 3 rings (SSSR count). The molecule has 0 aromatic heterocycles. The van der Waals surface area contributed by atoms with Crippen molar-refractivity contribution in [2.45, 2.75) is 39.2 Å². The molecule has 0 spiro atoms. The topological polar surface area (TPSA) is 53.0 Å². The van der Waals surface area contributed by atoms with E-state index in [1.165, 1.54) is 32.6 Å². The van der Waals surface area contributed by atoms with E-state index in [-0.39, 0.29) is 11.7 Å². The predicted molar refractivity (Wildman–Crippen MR) is 98.1 cm³/mol. The summed E-state index contributed by atoms with van der Waals surface area (Å²) in [7, 11) is 1.50. The fourth-order valence-electron chi connectivity index (χ4n) is 3.73. The first kappa shape index (κ1) is 18.1. The van der Waals surface area contributed by atoms with Gasteiger partial charge in [0.1, 0.15) is 0 Å². The summed E-state index contributed by atoms with van der Waals surface area (Å²) in [6, 6.07) is 5.25. The molecule has 1 amide bonds. The molecule has 1 aliphatic carbocycles. The fraction of sp³-hybridized carbons (Fsp3) is 0.650. The van der Waals surface area contributed by atoms with Gasteiger partial charge in [0.05, 0.1) is 7.11 Å². The molecule has 25 heavy (non-hydrogen) atoms. The molecule has 138 valence electrons. The Morgan fingerprint density at radius 1 is 1.32 bits per heavy atom. The largest absolute Gasteiger partial charge is 0.504 e. The summed E-state index contributed by atoms with van der Waals surface area (Å²) in [4.78, 5) is 17.6. The van der Waals surface area contributed by atoms with Gasteiger partial charge >= 0.3 is 0 Å². The zero-order valence-corrected chi connectivity index (χ0v) is 15.6. The number of ether oxygens (including phenoxy) is 1. The monoisotopic (exact) mass is 346 g/mol. The Morgan fingerprint density at radius 2 is 2.08 bits per heavy atom. The lowest BCUT2D eigenvalue weighted by molar-refractivity contribution is 0.0704. The highest BCUT2D eigenvalue weighted by Crippen LogP contribution is 2.32. The van der Waals surface area contributed by atoms with Crippen molar-refractivity contribution in [3.8, 4) is 11.5 Å². The highest BCUT2D eigenvalue weighted by Gasteiger charge is 2.33. The van der Waals surface area contributed by atoms with Crippen molar-refractivity contribution in [3.63, 3.8) is 0 Å². The van der Waals surface area contributed by atoms with E-state index in [1.807, 2.05) is 4.90 Å². The minimum atomic E-state index is 0.0252. The molecule has 5 heteroatoms. The molecule has 0 unspecified atom stereocenters. The Hall–Kier alpha value is -1.75. The Morgan fingerprint density at radius 3 is 2.72 bits per heavy atom. The SMILES string of the molecule is COc1cc(C(=O)N2CCCN(CC3CC3)[C@H](C(C)C)C2)ccc1O. The molecule has 1 saturated heterocycles. The van der Waals surface area contributed by atoms with E-state index >= 15 is 0 Å². The molecule has 2 fully saturated rings. The lowest BCUT2D eigenvalue weighted by atomic mass is 10.0. The van der Waals surface area contributed by atoms with Gasteiger partial charge in [0, 0.05) is 37.8 Å². The van der Waals surface area contributed by atoms with E-state index < -0.39 is 0 Å². The van der Waals surface area contributed by atoms with Gasteiger partial charge in [-0.3, -0.25) is 9.69 Å². The highest BCUT2D eigenvalue weighted by atomic mass is 16.5. The summed E-state index contributed by atoms with van der Waals surface area (Å²) in [5, 5.41) is 9.75. The summed E-state index contributed by atoms with van der Waals surface area (Å²) in [6.07, 6.45) is 3.73. The van der Waals surface area contributed by atoms with Crippen LogP contribution in [0.15, 0.2) is 18.2 Å². The highest BCUT2D eigenvalue weighted by molar-refractivity contribution is 5.95. The smallest absolute Gasteiger partial charge is 0.254 e. The van der Waals surface area contributed by atoms with Crippen LogP contribution in [0.3, 0.4) is 0 Å². The van der Waals surface area contributed by atoms with Crippen LogP contribution in [0.2, 0.25) is 0 Å². The number of amides is 1. The second-order valence-corrected chi connectivity index (χ2v) is 7.74. The van der Waals surface area contributed by atoms with Crippen LogP contribution in [0.4, 0.5) is 0 Å². The molecule has 5 nitrogen and oxygen atoms in total. The number of phenolic OH excluding ortho intramolecular Hbond substituents is 1. The number of carbonyl (C=O) groups is 1. The van der Waals surface area contributed by atoms with Crippen molar-refractivity contribution in [2.24, 2.45) is 11.8 Å². The van der Waals surface area contributed by atoms with Crippen LogP contribution in [0.5, 0.6) is 11.5 Å². The van der Waals surface area contributed by atoms with Crippen LogP contribution in [0, 0.1) is 11.8 Å². The van der Waals surface area contributed by atoms with Gasteiger partial charge in [-0.25, -0.2) is 0 Å². The van der Waals surface area contributed by atoms with Crippen LogP contribution in [-0.2, 0) is 0 Å². The summed E-state index contributed by atoms with van der Waals surface area (Å²) >= 11 is 0. The summed E-state index contributed by atoms with van der Waals surface area (Å²) < 4.78 is 5.15. The minimum Gasteiger partial charge on any atom is -0.504 e. The molecule has 1 aromatic carbocycles. The number of hydrogen-bond donors (Lipinski definition) is 1. The quantitative estimate of drug-likeness (QED) is 0.890. The number of rotatable bonds is 5. The number of methoxy groups -OCH3 is 1. The number of aromatic hydroxyl groups is 1. The number of benzene rings is 1. The van der Waals surface area contributed by atoms with Gasteiger partial charge in [0.2, 0.25) is 0 Å². The maximum Gasteiger partial charge on any atom is 0.254 e. The van der Waals surface area contributed by atoms with E-state index in [0.29, 0.717) is 23.3 Å². The standard InChI is InChI=1S/C20H30N2O3/c1-14(2)17-13-22(10-4-9-21(17)12-15-5-6-15)20(24)16-7-8-18(23)19(11-16)25-3/h7-8,11,14-15,17,23H,4-6,9-10,12-13H2,1-3H3/t17-/m0/s1. The number of hydrogen-bond acceptors (Lipinski definition) is 4. The van der Waals surface area contributed by atoms with Crippen LogP contribution >= 0.6 is 0 Å². The van der Waals surface area contributed by atoms with Gasteiger partial charge < -0.3 is 14.7 Å². The van der Waals surface area contributed by atoms with Crippen molar-refractivity contribution in [2.75, 3.05) is 33.3 Å². The van der Waals surface area contributed by atoms with Crippen LogP contribution in [-0.4, -0.2) is 60.1 Å². The normalized spacial score (nSPS) is 22.1. The third-order valence-corrected chi connectivity index (χ3v) is 5.42. The Kier molecular flexibility index (Phi) is 5.52. The first-order valence-corrected chi connectivity index (χ1v) is 9.40. The van der Waals surface area contributed by atoms with E-state index in [1.54, 1.807) is 12.1 Å². The molecule has 1 aromatic rings. The average molecular weight is 346 g/mol. The zero-order valence-electron chi connectivity index (χ0n) is 15.6. The second kappa shape index (κ2) is 7.65. The minimum absolute atomic E-state index is 0.0252. The lowest BCUT2D eigenvalue weighted by Crippen LogP contribution is -2.46. The van der Waals surface area contributed by atoms with E-state index in [0.717, 1.165) is 32.0 Å². The third kappa shape index (κ3) is 4.27. The molecule has 0 radical (unpaired) electrons. The van der Waals surface area contributed by atoms with Gasteiger partial charge in [0.25, 0.3) is 5.91 Å². The lowest BCUT2D eigenvalue weighted by Gasteiger charge is -2.34. The summed E-state index contributed by atoms with van der Waals surface area (Å²) in [6.45, 7) is 8.31. The predicted octanol–water partition coefficient (Wildman–Crippen LogP) is 2.98. The van der Waals surface area contributed by atoms with Crippen molar-refractivity contribution >= 4 is 5.91 Å². The summed E-state index contributed by atoms with van der Waals surface area (Å²) in [5.41, 5.74) is 0.577. The average Bonchev–Trinajstić information content (AvgIpc) is 3.42.